The van der Waals surface area contributed by atoms with Crippen molar-refractivity contribution in [1.29, 1.82) is 0 Å². The standard InChI is InChI=1S/C10H17NS2/c1-2-9(11)8-12-7-5-10-4-3-6-13-10/h3-4,6,9H,2,5,7-8,11H2,1H3. The second-order valence-electron chi connectivity index (χ2n) is 3.07. The van der Waals surface area contributed by atoms with E-state index in [2.05, 4.69) is 24.4 Å². The molecule has 1 unspecified atom stereocenters. The van der Waals surface area contributed by atoms with E-state index in [9.17, 15) is 0 Å². The fraction of sp³-hybridized carbons (Fsp3) is 0.600. The average molecular weight is 215 g/mol. The summed E-state index contributed by atoms with van der Waals surface area (Å²) >= 11 is 3.81. The Labute approximate surface area is 88.7 Å². The smallest absolute Gasteiger partial charge is 0.0127 e. The SMILES string of the molecule is CCC(N)CSCCc1cccs1. The Morgan fingerprint density at radius 2 is 2.46 bits per heavy atom. The highest BCUT2D eigenvalue weighted by molar-refractivity contribution is 7.99. The summed E-state index contributed by atoms with van der Waals surface area (Å²) in [6.07, 6.45) is 2.28. The highest BCUT2D eigenvalue weighted by Crippen LogP contribution is 2.13. The van der Waals surface area contributed by atoms with Crippen LogP contribution >= 0.6 is 23.1 Å². The van der Waals surface area contributed by atoms with Crippen molar-refractivity contribution in [3.8, 4) is 0 Å². The lowest BCUT2D eigenvalue weighted by Gasteiger charge is -2.06. The van der Waals surface area contributed by atoms with Gasteiger partial charge in [0.15, 0.2) is 0 Å². The van der Waals surface area contributed by atoms with Crippen LogP contribution in [0, 0.1) is 0 Å². The Hall–Kier alpha value is 0.01000. The van der Waals surface area contributed by atoms with E-state index in [4.69, 9.17) is 5.73 Å². The lowest BCUT2D eigenvalue weighted by Crippen LogP contribution is -2.21. The lowest BCUT2D eigenvalue weighted by molar-refractivity contribution is 0.724. The third kappa shape index (κ3) is 4.69. The summed E-state index contributed by atoms with van der Waals surface area (Å²) < 4.78 is 0. The molecule has 0 aliphatic carbocycles. The van der Waals surface area contributed by atoms with Crippen LogP contribution in [0.4, 0.5) is 0 Å². The lowest BCUT2D eigenvalue weighted by atomic mass is 10.3. The minimum atomic E-state index is 0.383. The van der Waals surface area contributed by atoms with Crippen LogP contribution in [0.1, 0.15) is 18.2 Å². The normalized spacial score (nSPS) is 13.1. The van der Waals surface area contributed by atoms with Gasteiger partial charge in [-0.25, -0.2) is 0 Å². The van der Waals surface area contributed by atoms with Gasteiger partial charge in [-0.1, -0.05) is 13.0 Å². The molecule has 0 fully saturated rings. The number of nitrogens with two attached hydrogens (primary N) is 1. The van der Waals surface area contributed by atoms with Gasteiger partial charge in [-0.3, -0.25) is 0 Å². The van der Waals surface area contributed by atoms with Crippen LogP contribution in [-0.2, 0) is 6.42 Å². The average Bonchev–Trinajstić information content (AvgIpc) is 2.64. The number of thiophene rings is 1. The maximum absolute atomic E-state index is 5.81. The molecule has 1 heterocycles. The molecule has 0 radical (unpaired) electrons. The first kappa shape index (κ1) is 11.1. The molecule has 3 heteroatoms. The molecule has 1 nitrogen and oxygen atoms in total. The van der Waals surface area contributed by atoms with Crippen LogP contribution in [-0.4, -0.2) is 17.5 Å². The summed E-state index contributed by atoms with van der Waals surface area (Å²) in [5, 5.41) is 2.14. The summed E-state index contributed by atoms with van der Waals surface area (Å²) in [5.74, 6) is 2.30. The number of aryl methyl sites for hydroxylation is 1. The van der Waals surface area contributed by atoms with E-state index in [1.54, 1.807) is 0 Å². The van der Waals surface area contributed by atoms with Crippen molar-refractivity contribution in [2.24, 2.45) is 5.73 Å². The minimum absolute atomic E-state index is 0.383. The molecule has 2 N–H and O–H groups in total. The first-order chi connectivity index (χ1) is 6.33. The fourth-order valence-corrected chi connectivity index (χ4v) is 2.89. The van der Waals surface area contributed by atoms with Gasteiger partial charge >= 0.3 is 0 Å². The van der Waals surface area contributed by atoms with E-state index in [-0.39, 0.29) is 0 Å². The highest BCUT2D eigenvalue weighted by atomic mass is 32.2. The maximum atomic E-state index is 5.81. The van der Waals surface area contributed by atoms with Crippen LogP contribution in [0.25, 0.3) is 0 Å². The van der Waals surface area contributed by atoms with Gasteiger partial charge < -0.3 is 5.73 Å². The van der Waals surface area contributed by atoms with E-state index >= 15 is 0 Å². The summed E-state index contributed by atoms with van der Waals surface area (Å²) in [4.78, 5) is 1.48. The van der Waals surface area contributed by atoms with Crippen molar-refractivity contribution in [3.05, 3.63) is 22.4 Å². The van der Waals surface area contributed by atoms with Crippen molar-refractivity contribution >= 4 is 23.1 Å². The molecule has 0 aromatic carbocycles. The molecule has 1 aromatic heterocycles. The molecule has 0 amide bonds. The largest absolute Gasteiger partial charge is 0.327 e. The summed E-state index contributed by atoms with van der Waals surface area (Å²) in [6.45, 7) is 2.14. The first-order valence-corrected chi connectivity index (χ1v) is 6.72. The second-order valence-corrected chi connectivity index (χ2v) is 5.25. The molecule has 1 aromatic rings. The van der Waals surface area contributed by atoms with Gasteiger partial charge in [0.05, 0.1) is 0 Å². The molecule has 0 spiro atoms. The molecule has 0 saturated heterocycles. The topological polar surface area (TPSA) is 26.0 Å². The van der Waals surface area contributed by atoms with Crippen molar-refractivity contribution in [2.75, 3.05) is 11.5 Å². The van der Waals surface area contributed by atoms with Crippen LogP contribution in [0.15, 0.2) is 17.5 Å². The van der Waals surface area contributed by atoms with E-state index < -0.39 is 0 Å². The van der Waals surface area contributed by atoms with Gasteiger partial charge in [0.25, 0.3) is 0 Å². The number of thioether (sulfide) groups is 1. The van der Waals surface area contributed by atoms with Crippen molar-refractivity contribution in [2.45, 2.75) is 25.8 Å². The zero-order chi connectivity index (χ0) is 9.52. The van der Waals surface area contributed by atoms with Crippen LogP contribution in [0.5, 0.6) is 0 Å². The van der Waals surface area contributed by atoms with Crippen molar-refractivity contribution in [1.82, 2.24) is 0 Å². The van der Waals surface area contributed by atoms with Gasteiger partial charge in [-0.15, -0.1) is 11.3 Å². The van der Waals surface area contributed by atoms with Crippen LogP contribution < -0.4 is 5.73 Å². The van der Waals surface area contributed by atoms with Crippen molar-refractivity contribution in [3.63, 3.8) is 0 Å². The predicted molar refractivity (Wildman–Crippen MR) is 63.6 cm³/mol. The number of hydrogen-bond acceptors (Lipinski definition) is 3. The fourth-order valence-electron chi connectivity index (χ4n) is 0.980. The Morgan fingerprint density at radius 1 is 1.62 bits per heavy atom. The molecular formula is C10H17NS2. The molecule has 0 saturated carbocycles. The van der Waals surface area contributed by atoms with Gasteiger partial charge in [-0.05, 0) is 30.0 Å². The first-order valence-electron chi connectivity index (χ1n) is 4.68. The van der Waals surface area contributed by atoms with Crippen LogP contribution in [0.3, 0.4) is 0 Å². The molecule has 0 aliphatic heterocycles. The predicted octanol–water partition coefficient (Wildman–Crippen LogP) is 2.76. The molecule has 74 valence electrons. The third-order valence-electron chi connectivity index (χ3n) is 1.93. The summed E-state index contributed by atoms with van der Waals surface area (Å²) in [5.41, 5.74) is 5.81. The van der Waals surface area contributed by atoms with Gasteiger partial charge in [0.2, 0.25) is 0 Å². The van der Waals surface area contributed by atoms with Gasteiger partial charge in [-0.2, -0.15) is 11.8 Å². The summed E-state index contributed by atoms with van der Waals surface area (Å²) in [7, 11) is 0. The molecular weight excluding hydrogens is 198 g/mol. The van der Waals surface area contributed by atoms with Gasteiger partial charge in [0, 0.05) is 16.7 Å². The second kappa shape index (κ2) is 6.46. The van der Waals surface area contributed by atoms with Crippen LogP contribution in [0.2, 0.25) is 0 Å². The Balaban J connectivity index is 2.02. The molecule has 1 atom stereocenters. The molecule has 1 rings (SSSR count). The number of hydrogen-bond donors (Lipinski definition) is 1. The summed E-state index contributed by atoms with van der Waals surface area (Å²) in [6, 6.07) is 4.70. The highest BCUT2D eigenvalue weighted by Gasteiger charge is 1.99. The molecule has 13 heavy (non-hydrogen) atoms. The van der Waals surface area contributed by atoms with E-state index in [1.807, 2.05) is 23.1 Å². The van der Waals surface area contributed by atoms with E-state index in [0.717, 1.165) is 12.2 Å². The third-order valence-corrected chi connectivity index (χ3v) is 4.02. The Kier molecular flexibility index (Phi) is 5.51. The van der Waals surface area contributed by atoms with E-state index in [1.165, 1.54) is 17.1 Å². The monoisotopic (exact) mass is 215 g/mol. The van der Waals surface area contributed by atoms with Crippen molar-refractivity contribution < 1.29 is 0 Å². The maximum Gasteiger partial charge on any atom is 0.0127 e. The number of rotatable bonds is 6. The molecule has 0 bridgehead atoms. The Morgan fingerprint density at radius 3 is 3.08 bits per heavy atom. The van der Waals surface area contributed by atoms with Gasteiger partial charge in [0.1, 0.15) is 0 Å². The quantitative estimate of drug-likeness (QED) is 0.738. The zero-order valence-electron chi connectivity index (χ0n) is 8.03. The zero-order valence-corrected chi connectivity index (χ0v) is 9.66. The molecule has 0 aliphatic rings. The minimum Gasteiger partial charge on any atom is -0.327 e. The Bertz CT molecular complexity index is 209. The van der Waals surface area contributed by atoms with E-state index in [0.29, 0.717) is 6.04 Å².